The van der Waals surface area contributed by atoms with Gasteiger partial charge in [-0.15, -0.1) is 0 Å². The van der Waals surface area contributed by atoms with Gasteiger partial charge in [-0.3, -0.25) is 0 Å². The fourth-order valence-corrected chi connectivity index (χ4v) is 2.45. The summed E-state index contributed by atoms with van der Waals surface area (Å²) in [5.41, 5.74) is 3.29. The van der Waals surface area contributed by atoms with E-state index in [0.29, 0.717) is 11.6 Å². The van der Waals surface area contributed by atoms with Gasteiger partial charge >= 0.3 is 0 Å². The van der Waals surface area contributed by atoms with Gasteiger partial charge in [-0.25, -0.2) is 0 Å². The van der Waals surface area contributed by atoms with Crippen LogP contribution in [0, 0.1) is 0 Å². The number of benzene rings is 1. The molecule has 1 aromatic rings. The summed E-state index contributed by atoms with van der Waals surface area (Å²) in [5, 5.41) is 10.1. The highest BCUT2D eigenvalue weighted by atomic mass is 35.5. The number of aliphatic hydroxyl groups is 1. The highest BCUT2D eigenvalue weighted by molar-refractivity contribution is 6.32. The van der Waals surface area contributed by atoms with Crippen molar-refractivity contribution in [2.24, 2.45) is 0 Å². The highest BCUT2D eigenvalue weighted by Crippen LogP contribution is 2.38. The van der Waals surface area contributed by atoms with Crippen LogP contribution >= 0.6 is 11.6 Å². The van der Waals surface area contributed by atoms with Crippen molar-refractivity contribution in [1.29, 1.82) is 0 Å². The van der Waals surface area contributed by atoms with Crippen molar-refractivity contribution in [3.05, 3.63) is 27.8 Å². The summed E-state index contributed by atoms with van der Waals surface area (Å²) in [5.74, 6) is 0.778. The summed E-state index contributed by atoms with van der Waals surface area (Å²) < 4.78 is 5.46. The maximum atomic E-state index is 9.40. The molecule has 0 aliphatic carbocycles. The summed E-state index contributed by atoms with van der Waals surface area (Å²) in [6.07, 6.45) is 2.88. The van der Waals surface area contributed by atoms with Crippen LogP contribution in [-0.2, 0) is 19.4 Å². The molecule has 1 aromatic carbocycles. The molecule has 0 amide bonds. The van der Waals surface area contributed by atoms with Gasteiger partial charge in [-0.1, -0.05) is 24.9 Å². The Labute approximate surface area is 94.8 Å². The molecule has 0 spiro atoms. The van der Waals surface area contributed by atoms with Gasteiger partial charge in [0, 0.05) is 12.0 Å². The lowest BCUT2D eigenvalue weighted by atomic mass is 9.97. The molecular formula is C12H15ClO2. The molecule has 15 heavy (non-hydrogen) atoms. The lowest BCUT2D eigenvalue weighted by Crippen LogP contribution is -1.99. The Bertz CT molecular complexity index is 374. The summed E-state index contributed by atoms with van der Waals surface area (Å²) in [4.78, 5) is 0. The van der Waals surface area contributed by atoms with E-state index in [9.17, 15) is 5.11 Å². The zero-order valence-electron chi connectivity index (χ0n) is 8.85. The molecule has 1 heterocycles. The number of hydrogen-bond acceptors (Lipinski definition) is 2. The number of rotatable bonds is 3. The number of aryl methyl sites for hydroxylation is 1. The van der Waals surface area contributed by atoms with Crippen LogP contribution in [0.3, 0.4) is 0 Å². The largest absolute Gasteiger partial charge is 0.491 e. The third-order valence-corrected chi connectivity index (χ3v) is 3.10. The molecule has 0 radical (unpaired) electrons. The monoisotopic (exact) mass is 226 g/mol. The van der Waals surface area contributed by atoms with Gasteiger partial charge in [0.05, 0.1) is 18.2 Å². The lowest BCUT2D eigenvalue weighted by molar-refractivity contribution is 0.279. The van der Waals surface area contributed by atoms with E-state index < -0.39 is 0 Å². The van der Waals surface area contributed by atoms with Crippen LogP contribution in [0.1, 0.15) is 30.0 Å². The molecule has 0 bridgehead atoms. The zero-order chi connectivity index (χ0) is 10.8. The van der Waals surface area contributed by atoms with Crippen LogP contribution in [0.4, 0.5) is 0 Å². The fraction of sp³-hybridized carbons (Fsp3) is 0.500. The second kappa shape index (κ2) is 4.42. The van der Waals surface area contributed by atoms with Crippen LogP contribution < -0.4 is 4.74 Å². The predicted octanol–water partition coefficient (Wildman–Crippen LogP) is 2.72. The maximum absolute atomic E-state index is 9.40. The summed E-state index contributed by atoms with van der Waals surface area (Å²) in [7, 11) is 0. The topological polar surface area (TPSA) is 29.5 Å². The second-order valence-corrected chi connectivity index (χ2v) is 4.22. The molecule has 2 rings (SSSR count). The average Bonchev–Trinajstić information content (AvgIpc) is 2.68. The van der Waals surface area contributed by atoms with Crippen LogP contribution in [0.25, 0.3) is 0 Å². The van der Waals surface area contributed by atoms with E-state index in [1.807, 2.05) is 6.07 Å². The van der Waals surface area contributed by atoms with E-state index in [4.69, 9.17) is 16.3 Å². The zero-order valence-corrected chi connectivity index (χ0v) is 9.60. The normalized spacial score (nSPS) is 13.8. The molecule has 1 N–H and O–H groups in total. The standard InChI is InChI=1S/C12H15ClO2/c1-2-3-8-6-11(13)12-9(4-5-15-12)10(8)7-14/h6,14H,2-5,7H2,1H3. The van der Waals surface area contributed by atoms with Crippen LogP contribution in [0.15, 0.2) is 6.07 Å². The van der Waals surface area contributed by atoms with Gasteiger partial charge in [0.15, 0.2) is 0 Å². The van der Waals surface area contributed by atoms with E-state index in [-0.39, 0.29) is 6.61 Å². The second-order valence-electron chi connectivity index (χ2n) is 3.81. The van der Waals surface area contributed by atoms with Gasteiger partial charge < -0.3 is 9.84 Å². The van der Waals surface area contributed by atoms with Crippen molar-refractivity contribution in [2.45, 2.75) is 32.8 Å². The minimum absolute atomic E-state index is 0.0815. The quantitative estimate of drug-likeness (QED) is 0.859. The maximum Gasteiger partial charge on any atom is 0.141 e. The number of fused-ring (bicyclic) bond motifs is 1. The first-order chi connectivity index (χ1) is 7.27. The Kier molecular flexibility index (Phi) is 3.17. The van der Waals surface area contributed by atoms with Gasteiger partial charge in [0.2, 0.25) is 0 Å². The predicted molar refractivity (Wildman–Crippen MR) is 60.6 cm³/mol. The molecule has 1 aliphatic rings. The molecule has 82 valence electrons. The molecule has 0 saturated carbocycles. The van der Waals surface area contributed by atoms with Gasteiger partial charge in [0.25, 0.3) is 0 Å². The third kappa shape index (κ3) is 1.84. The Morgan fingerprint density at radius 3 is 3.00 bits per heavy atom. The van der Waals surface area contributed by atoms with E-state index >= 15 is 0 Å². The molecule has 0 fully saturated rings. The highest BCUT2D eigenvalue weighted by Gasteiger charge is 2.21. The number of hydrogen-bond donors (Lipinski definition) is 1. The molecule has 2 nitrogen and oxygen atoms in total. The Morgan fingerprint density at radius 2 is 2.33 bits per heavy atom. The first-order valence-corrected chi connectivity index (χ1v) is 5.72. The van der Waals surface area contributed by atoms with Crippen LogP contribution in [0.2, 0.25) is 5.02 Å². The minimum Gasteiger partial charge on any atom is -0.491 e. The van der Waals surface area contributed by atoms with Gasteiger partial charge in [0.1, 0.15) is 5.75 Å². The number of aliphatic hydroxyl groups excluding tert-OH is 1. The van der Waals surface area contributed by atoms with Gasteiger partial charge in [-0.2, -0.15) is 0 Å². The Hall–Kier alpha value is -0.730. The van der Waals surface area contributed by atoms with Crippen molar-refractivity contribution >= 4 is 11.6 Å². The molecule has 3 heteroatoms. The van der Waals surface area contributed by atoms with E-state index in [0.717, 1.165) is 41.7 Å². The van der Waals surface area contributed by atoms with Crippen molar-refractivity contribution in [3.63, 3.8) is 0 Å². The average molecular weight is 227 g/mol. The fourth-order valence-electron chi connectivity index (χ4n) is 2.15. The van der Waals surface area contributed by atoms with E-state index in [2.05, 4.69) is 6.92 Å². The first-order valence-electron chi connectivity index (χ1n) is 5.34. The summed E-state index contributed by atoms with van der Waals surface area (Å²) in [6.45, 7) is 2.88. The molecule has 0 saturated heterocycles. The summed E-state index contributed by atoms with van der Waals surface area (Å²) in [6, 6.07) is 1.93. The molecular weight excluding hydrogens is 212 g/mol. The summed E-state index contributed by atoms with van der Waals surface area (Å²) >= 11 is 6.13. The smallest absolute Gasteiger partial charge is 0.141 e. The number of ether oxygens (including phenoxy) is 1. The molecule has 0 atom stereocenters. The Morgan fingerprint density at radius 1 is 1.53 bits per heavy atom. The van der Waals surface area contributed by atoms with Crippen LogP contribution in [0.5, 0.6) is 5.75 Å². The molecule has 0 unspecified atom stereocenters. The van der Waals surface area contributed by atoms with Crippen molar-refractivity contribution < 1.29 is 9.84 Å². The van der Waals surface area contributed by atoms with E-state index in [1.54, 1.807) is 0 Å². The SMILES string of the molecule is CCCc1cc(Cl)c2c(c1CO)CCO2. The Balaban J connectivity index is 2.52. The van der Waals surface area contributed by atoms with Gasteiger partial charge in [-0.05, 0) is 23.6 Å². The van der Waals surface area contributed by atoms with Crippen LogP contribution in [-0.4, -0.2) is 11.7 Å². The lowest BCUT2D eigenvalue weighted by Gasteiger charge is -2.12. The van der Waals surface area contributed by atoms with Crippen molar-refractivity contribution in [1.82, 2.24) is 0 Å². The van der Waals surface area contributed by atoms with E-state index in [1.165, 1.54) is 0 Å². The van der Waals surface area contributed by atoms with Crippen molar-refractivity contribution in [3.8, 4) is 5.75 Å². The third-order valence-electron chi connectivity index (χ3n) is 2.82. The van der Waals surface area contributed by atoms with Crippen molar-refractivity contribution in [2.75, 3.05) is 6.61 Å². The first kappa shape index (κ1) is 10.8. The minimum atomic E-state index is 0.0815. The number of halogens is 1. The molecule has 1 aliphatic heterocycles. The molecule has 0 aromatic heterocycles.